The van der Waals surface area contributed by atoms with Crippen molar-refractivity contribution in [2.45, 2.75) is 6.61 Å². The van der Waals surface area contributed by atoms with Gasteiger partial charge in [0.15, 0.2) is 0 Å². The van der Waals surface area contributed by atoms with Gasteiger partial charge in [0.25, 0.3) is 5.56 Å². The Morgan fingerprint density at radius 2 is 1.84 bits per heavy atom. The first kappa shape index (κ1) is 16.7. The molecule has 126 valence electrons. The average Bonchev–Trinajstić information content (AvgIpc) is 2.62. The normalized spacial score (nSPS) is 10.3. The van der Waals surface area contributed by atoms with Crippen molar-refractivity contribution in [2.24, 2.45) is 0 Å². The Morgan fingerprint density at radius 1 is 1.08 bits per heavy atom. The second kappa shape index (κ2) is 7.63. The molecule has 0 aliphatic carbocycles. The van der Waals surface area contributed by atoms with Gasteiger partial charge in [0, 0.05) is 27.9 Å². The fourth-order valence-electron chi connectivity index (χ4n) is 2.14. The molecular formula is C18H14ClN3O3. The number of hydrogen-bond acceptors (Lipinski definition) is 4. The largest absolute Gasteiger partial charge is 0.444 e. The lowest BCUT2D eigenvalue weighted by molar-refractivity contribution is 0.155. The van der Waals surface area contributed by atoms with Crippen LogP contribution in [0.4, 0.5) is 10.5 Å². The molecule has 3 rings (SSSR count). The van der Waals surface area contributed by atoms with Crippen LogP contribution >= 0.6 is 11.6 Å². The Morgan fingerprint density at radius 3 is 2.52 bits per heavy atom. The van der Waals surface area contributed by atoms with E-state index in [2.05, 4.69) is 15.5 Å². The van der Waals surface area contributed by atoms with E-state index >= 15 is 0 Å². The summed E-state index contributed by atoms with van der Waals surface area (Å²) < 4.78 is 5.15. The van der Waals surface area contributed by atoms with Gasteiger partial charge in [0.2, 0.25) is 0 Å². The molecule has 3 aromatic rings. The Bertz CT molecular complexity index is 918. The molecule has 0 unspecified atom stereocenters. The van der Waals surface area contributed by atoms with E-state index in [1.54, 1.807) is 42.5 Å². The van der Waals surface area contributed by atoms with E-state index in [0.29, 0.717) is 16.4 Å². The molecule has 0 saturated heterocycles. The lowest BCUT2D eigenvalue weighted by Gasteiger charge is -2.08. The number of anilines is 1. The maximum absolute atomic E-state index is 11.9. The Labute approximate surface area is 148 Å². The lowest BCUT2D eigenvalue weighted by atomic mass is 10.1. The van der Waals surface area contributed by atoms with Gasteiger partial charge < -0.3 is 4.74 Å². The SMILES string of the molecule is O=C(Nc1ccc(-c2ccc(=O)[nH]n2)cc1)OCc1ccccc1Cl. The van der Waals surface area contributed by atoms with Gasteiger partial charge in [-0.15, -0.1) is 0 Å². The van der Waals surface area contributed by atoms with Crippen molar-refractivity contribution in [1.29, 1.82) is 0 Å². The number of amides is 1. The maximum Gasteiger partial charge on any atom is 0.411 e. The van der Waals surface area contributed by atoms with Crippen LogP contribution in [0.1, 0.15) is 5.56 Å². The topological polar surface area (TPSA) is 84.1 Å². The minimum atomic E-state index is -0.574. The predicted molar refractivity (Wildman–Crippen MR) is 95.6 cm³/mol. The molecule has 7 heteroatoms. The van der Waals surface area contributed by atoms with Gasteiger partial charge >= 0.3 is 6.09 Å². The summed E-state index contributed by atoms with van der Waals surface area (Å²) in [6, 6.07) is 17.2. The van der Waals surface area contributed by atoms with E-state index < -0.39 is 6.09 Å². The minimum Gasteiger partial charge on any atom is -0.444 e. The van der Waals surface area contributed by atoms with E-state index in [1.807, 2.05) is 12.1 Å². The summed E-state index contributed by atoms with van der Waals surface area (Å²) in [6.45, 7) is 0.0882. The highest BCUT2D eigenvalue weighted by Gasteiger charge is 2.06. The van der Waals surface area contributed by atoms with Crippen LogP contribution in [-0.2, 0) is 11.3 Å². The molecule has 1 aromatic heterocycles. The average molecular weight is 356 g/mol. The van der Waals surface area contributed by atoms with E-state index in [1.165, 1.54) is 6.07 Å². The molecule has 2 N–H and O–H groups in total. The minimum absolute atomic E-state index is 0.0882. The highest BCUT2D eigenvalue weighted by atomic mass is 35.5. The number of H-pyrrole nitrogens is 1. The second-order valence-corrected chi connectivity index (χ2v) is 5.58. The summed E-state index contributed by atoms with van der Waals surface area (Å²) in [5, 5.41) is 9.51. The van der Waals surface area contributed by atoms with Crippen LogP contribution in [0.15, 0.2) is 65.5 Å². The molecule has 25 heavy (non-hydrogen) atoms. The van der Waals surface area contributed by atoms with Crippen molar-refractivity contribution in [1.82, 2.24) is 10.2 Å². The molecule has 0 radical (unpaired) electrons. The molecule has 2 aromatic carbocycles. The first-order valence-electron chi connectivity index (χ1n) is 7.45. The number of hydrogen-bond donors (Lipinski definition) is 2. The Hall–Kier alpha value is -3.12. The number of nitrogens with zero attached hydrogens (tertiary/aromatic N) is 1. The Kier molecular flexibility index (Phi) is 5.11. The van der Waals surface area contributed by atoms with Crippen molar-refractivity contribution in [3.63, 3.8) is 0 Å². The summed E-state index contributed by atoms with van der Waals surface area (Å²) in [4.78, 5) is 22.9. The summed E-state index contributed by atoms with van der Waals surface area (Å²) >= 11 is 6.01. The molecule has 1 heterocycles. The van der Waals surface area contributed by atoms with Crippen molar-refractivity contribution in [3.05, 3.63) is 81.6 Å². The third-order valence-corrected chi connectivity index (χ3v) is 3.79. The first-order chi connectivity index (χ1) is 12.1. The molecule has 0 aliphatic rings. The molecule has 0 fully saturated rings. The summed E-state index contributed by atoms with van der Waals surface area (Å²) in [7, 11) is 0. The maximum atomic E-state index is 11.9. The van der Waals surface area contributed by atoms with Gasteiger partial charge in [0.05, 0.1) is 5.69 Å². The van der Waals surface area contributed by atoms with Crippen LogP contribution in [0.25, 0.3) is 11.3 Å². The molecular weight excluding hydrogens is 342 g/mol. The van der Waals surface area contributed by atoms with E-state index in [-0.39, 0.29) is 12.2 Å². The molecule has 0 aliphatic heterocycles. The summed E-state index contributed by atoms with van der Waals surface area (Å²) in [6.07, 6.45) is -0.574. The number of nitrogens with one attached hydrogen (secondary N) is 2. The number of carbonyl (C=O) groups excluding carboxylic acids is 1. The molecule has 0 saturated carbocycles. The number of carbonyl (C=O) groups is 1. The molecule has 0 atom stereocenters. The predicted octanol–water partition coefficient (Wildman–Crippen LogP) is 3.84. The molecule has 6 nitrogen and oxygen atoms in total. The fourth-order valence-corrected chi connectivity index (χ4v) is 2.33. The van der Waals surface area contributed by atoms with Gasteiger partial charge in [-0.2, -0.15) is 5.10 Å². The van der Waals surface area contributed by atoms with E-state index in [4.69, 9.17) is 16.3 Å². The number of benzene rings is 2. The molecule has 1 amide bonds. The summed E-state index contributed by atoms with van der Waals surface area (Å²) in [5.41, 5.74) is 2.50. The number of aromatic nitrogens is 2. The van der Waals surface area contributed by atoms with Gasteiger partial charge in [-0.3, -0.25) is 10.1 Å². The van der Waals surface area contributed by atoms with Crippen molar-refractivity contribution in [3.8, 4) is 11.3 Å². The van der Waals surface area contributed by atoms with Crippen LogP contribution in [0.5, 0.6) is 0 Å². The van der Waals surface area contributed by atoms with Gasteiger partial charge in [-0.1, -0.05) is 41.9 Å². The fraction of sp³-hybridized carbons (Fsp3) is 0.0556. The monoisotopic (exact) mass is 355 g/mol. The smallest absolute Gasteiger partial charge is 0.411 e. The van der Waals surface area contributed by atoms with Crippen LogP contribution in [0.2, 0.25) is 5.02 Å². The highest BCUT2D eigenvalue weighted by molar-refractivity contribution is 6.31. The Balaban J connectivity index is 1.59. The number of aromatic amines is 1. The van der Waals surface area contributed by atoms with E-state index in [9.17, 15) is 9.59 Å². The van der Waals surface area contributed by atoms with Crippen molar-refractivity contribution in [2.75, 3.05) is 5.32 Å². The highest BCUT2D eigenvalue weighted by Crippen LogP contribution is 2.19. The quantitative estimate of drug-likeness (QED) is 0.744. The van der Waals surface area contributed by atoms with Crippen molar-refractivity contribution >= 4 is 23.4 Å². The summed E-state index contributed by atoms with van der Waals surface area (Å²) in [5.74, 6) is 0. The van der Waals surface area contributed by atoms with Gasteiger partial charge in [-0.25, -0.2) is 9.89 Å². The molecule has 0 bridgehead atoms. The van der Waals surface area contributed by atoms with Crippen LogP contribution < -0.4 is 10.9 Å². The number of ether oxygens (including phenoxy) is 1. The number of halogens is 1. The zero-order valence-corrected chi connectivity index (χ0v) is 13.8. The second-order valence-electron chi connectivity index (χ2n) is 5.18. The zero-order valence-electron chi connectivity index (χ0n) is 13.0. The van der Waals surface area contributed by atoms with Gasteiger partial charge in [0.1, 0.15) is 6.61 Å². The van der Waals surface area contributed by atoms with Crippen LogP contribution in [0.3, 0.4) is 0 Å². The third-order valence-electron chi connectivity index (χ3n) is 3.42. The van der Waals surface area contributed by atoms with E-state index in [0.717, 1.165) is 11.1 Å². The van der Waals surface area contributed by atoms with Crippen LogP contribution in [0, 0.1) is 0 Å². The van der Waals surface area contributed by atoms with Crippen molar-refractivity contribution < 1.29 is 9.53 Å². The lowest BCUT2D eigenvalue weighted by Crippen LogP contribution is -2.13. The zero-order chi connectivity index (χ0) is 17.6. The molecule has 0 spiro atoms. The number of rotatable bonds is 4. The van der Waals surface area contributed by atoms with Gasteiger partial charge in [-0.05, 0) is 24.3 Å². The third kappa shape index (κ3) is 4.45. The van der Waals surface area contributed by atoms with Crippen LogP contribution in [-0.4, -0.2) is 16.3 Å². The standard InChI is InChI=1S/C18H14ClN3O3/c19-15-4-2-1-3-13(15)11-25-18(24)20-14-7-5-12(6-8-14)16-9-10-17(23)22-21-16/h1-10H,11H2,(H,20,24)(H,22,23). The first-order valence-corrected chi connectivity index (χ1v) is 7.83.